The molecule has 0 radical (unpaired) electrons. The Morgan fingerprint density at radius 1 is 0.957 bits per heavy atom. The summed E-state index contributed by atoms with van der Waals surface area (Å²) < 4.78 is 0. The molecule has 0 saturated carbocycles. The lowest BCUT2D eigenvalue weighted by atomic mass is 10.1. The van der Waals surface area contributed by atoms with E-state index in [1.54, 1.807) is 17.0 Å². The number of rotatable bonds is 3. The van der Waals surface area contributed by atoms with Crippen LogP contribution in [-0.2, 0) is 4.79 Å². The molecule has 2 aliphatic heterocycles. The van der Waals surface area contributed by atoms with Crippen LogP contribution in [0.5, 0.6) is 0 Å². The Hall–Kier alpha value is -2.46. The molecule has 2 heterocycles. The van der Waals surface area contributed by atoms with Crippen LogP contribution in [0.4, 0.5) is 5.69 Å². The van der Waals surface area contributed by atoms with Gasteiger partial charge in [0.15, 0.2) is 0 Å². The van der Waals surface area contributed by atoms with Gasteiger partial charge in [-0.3, -0.25) is 19.4 Å². The van der Waals surface area contributed by atoms with Crippen LogP contribution < -0.4 is 4.90 Å². The van der Waals surface area contributed by atoms with E-state index in [-0.39, 0.29) is 0 Å². The molecule has 1 atom stereocenters. The second kappa shape index (κ2) is 5.63. The van der Waals surface area contributed by atoms with E-state index in [1.807, 2.05) is 30.3 Å². The summed E-state index contributed by atoms with van der Waals surface area (Å²) >= 11 is 0. The van der Waals surface area contributed by atoms with Crippen molar-refractivity contribution in [2.45, 2.75) is 18.9 Å². The normalized spacial score (nSPS) is 21.0. The van der Waals surface area contributed by atoms with Crippen LogP contribution in [0.15, 0.2) is 54.6 Å². The summed E-state index contributed by atoms with van der Waals surface area (Å²) in [7, 11) is 0. The predicted octanol–water partition coefficient (Wildman–Crippen LogP) is 3.01. The molecule has 2 aromatic carbocycles. The van der Waals surface area contributed by atoms with Crippen molar-refractivity contribution in [3.63, 3.8) is 0 Å². The molecule has 0 bridgehead atoms. The highest BCUT2D eigenvalue weighted by Gasteiger charge is 2.38. The van der Waals surface area contributed by atoms with E-state index in [0.29, 0.717) is 18.3 Å². The first-order valence-corrected chi connectivity index (χ1v) is 8.00. The monoisotopic (exact) mass is 306 g/mol. The summed E-state index contributed by atoms with van der Waals surface area (Å²) in [5.41, 5.74) is 2.53. The van der Waals surface area contributed by atoms with Gasteiger partial charge in [0.2, 0.25) is 0 Å². The number of carbonyl (C=O) groups is 2. The van der Waals surface area contributed by atoms with Gasteiger partial charge < -0.3 is 0 Å². The van der Waals surface area contributed by atoms with Gasteiger partial charge in [0.25, 0.3) is 5.78 Å². The highest BCUT2D eigenvalue weighted by Crippen LogP contribution is 2.35. The summed E-state index contributed by atoms with van der Waals surface area (Å²) in [4.78, 5) is 28.4. The third-order valence-corrected chi connectivity index (χ3v) is 4.75. The summed E-state index contributed by atoms with van der Waals surface area (Å²) in [6, 6.07) is 17.9. The molecular formula is C19H18N2O2. The molecule has 0 aromatic heterocycles. The molecule has 0 aliphatic carbocycles. The molecule has 1 amide bonds. The number of hydrogen-bond acceptors (Lipinski definition) is 3. The van der Waals surface area contributed by atoms with E-state index >= 15 is 0 Å². The summed E-state index contributed by atoms with van der Waals surface area (Å²) in [6.45, 7) is 1.42. The minimum absolute atomic E-state index is 0.312. The number of para-hydroxylation sites is 1. The molecule has 2 aromatic rings. The third kappa shape index (κ3) is 2.35. The Balaban J connectivity index is 1.61. The van der Waals surface area contributed by atoms with Crippen molar-refractivity contribution in [2.75, 3.05) is 18.1 Å². The highest BCUT2D eigenvalue weighted by atomic mass is 16.2. The number of likely N-dealkylation sites (tertiary alicyclic amines) is 1. The predicted molar refractivity (Wildman–Crippen MR) is 88.2 cm³/mol. The third-order valence-electron chi connectivity index (χ3n) is 4.75. The molecular weight excluding hydrogens is 288 g/mol. The van der Waals surface area contributed by atoms with E-state index in [2.05, 4.69) is 17.0 Å². The topological polar surface area (TPSA) is 40.6 Å². The zero-order chi connectivity index (χ0) is 15.8. The number of fused-ring (bicyclic) bond motifs is 1. The maximum absolute atomic E-state index is 12.3. The first-order valence-electron chi connectivity index (χ1n) is 8.00. The Morgan fingerprint density at radius 3 is 2.52 bits per heavy atom. The van der Waals surface area contributed by atoms with Crippen molar-refractivity contribution >= 4 is 17.4 Å². The van der Waals surface area contributed by atoms with Crippen molar-refractivity contribution in [1.82, 2.24) is 4.90 Å². The van der Waals surface area contributed by atoms with Crippen LogP contribution >= 0.6 is 0 Å². The van der Waals surface area contributed by atoms with Crippen molar-refractivity contribution in [1.29, 1.82) is 0 Å². The van der Waals surface area contributed by atoms with Crippen LogP contribution in [0.1, 0.15) is 34.8 Å². The Morgan fingerprint density at radius 2 is 1.70 bits per heavy atom. The molecule has 0 spiro atoms. The number of amides is 1. The first-order chi connectivity index (χ1) is 11.3. The largest absolute Gasteiger partial charge is 0.300 e. The Labute approximate surface area is 135 Å². The Bertz CT molecular complexity index is 757. The van der Waals surface area contributed by atoms with Gasteiger partial charge in [-0.25, -0.2) is 0 Å². The fourth-order valence-electron chi connectivity index (χ4n) is 3.62. The van der Waals surface area contributed by atoms with Gasteiger partial charge in [-0.1, -0.05) is 42.5 Å². The van der Waals surface area contributed by atoms with E-state index in [4.69, 9.17) is 0 Å². The van der Waals surface area contributed by atoms with Crippen LogP contribution in [-0.4, -0.2) is 29.8 Å². The number of benzene rings is 2. The van der Waals surface area contributed by atoms with Crippen molar-refractivity contribution in [3.8, 4) is 0 Å². The fraction of sp³-hybridized carbons (Fsp3) is 0.263. The SMILES string of the molecule is O=C1C(=O)N(CN2CCC[C@H]2c2ccccc2)c2ccccc21. The minimum atomic E-state index is -0.412. The lowest BCUT2D eigenvalue weighted by molar-refractivity contribution is -0.114. The lowest BCUT2D eigenvalue weighted by Gasteiger charge is -2.29. The molecule has 23 heavy (non-hydrogen) atoms. The molecule has 1 saturated heterocycles. The van der Waals surface area contributed by atoms with Crippen LogP contribution in [0.25, 0.3) is 0 Å². The average Bonchev–Trinajstić information content (AvgIpc) is 3.15. The molecule has 4 nitrogen and oxygen atoms in total. The van der Waals surface area contributed by atoms with Crippen molar-refractivity contribution in [2.24, 2.45) is 0 Å². The van der Waals surface area contributed by atoms with E-state index in [1.165, 1.54) is 5.56 Å². The average molecular weight is 306 g/mol. The van der Waals surface area contributed by atoms with Crippen LogP contribution in [0, 0.1) is 0 Å². The fourth-order valence-corrected chi connectivity index (χ4v) is 3.62. The number of hydrogen-bond donors (Lipinski definition) is 0. The lowest BCUT2D eigenvalue weighted by Crippen LogP contribution is -2.40. The molecule has 0 N–H and O–H groups in total. The zero-order valence-corrected chi connectivity index (χ0v) is 12.8. The van der Waals surface area contributed by atoms with Gasteiger partial charge in [0, 0.05) is 12.6 Å². The van der Waals surface area contributed by atoms with Gasteiger partial charge >= 0.3 is 5.91 Å². The standard InChI is InChI=1S/C19H18N2O2/c22-18-15-9-4-5-10-17(15)21(19(18)23)13-20-12-6-11-16(20)14-7-2-1-3-8-14/h1-5,7-10,16H,6,11-13H2/t16-/m0/s1. The number of Topliss-reactive ketones (excluding diaryl/α,β-unsaturated/α-hetero) is 1. The molecule has 116 valence electrons. The summed E-state index contributed by atoms with van der Waals surface area (Å²) in [5.74, 6) is -0.805. The first kappa shape index (κ1) is 14.2. The Kier molecular flexibility index (Phi) is 3.46. The van der Waals surface area contributed by atoms with Crippen molar-refractivity contribution in [3.05, 3.63) is 65.7 Å². The van der Waals surface area contributed by atoms with E-state index < -0.39 is 11.7 Å². The van der Waals surface area contributed by atoms with Gasteiger partial charge in [-0.05, 0) is 30.5 Å². The molecule has 0 unspecified atom stereocenters. The quantitative estimate of drug-likeness (QED) is 0.819. The van der Waals surface area contributed by atoms with Crippen molar-refractivity contribution < 1.29 is 9.59 Å². The van der Waals surface area contributed by atoms with Crippen LogP contribution in [0.3, 0.4) is 0 Å². The highest BCUT2D eigenvalue weighted by molar-refractivity contribution is 6.52. The zero-order valence-electron chi connectivity index (χ0n) is 12.8. The molecule has 2 aliphatic rings. The molecule has 1 fully saturated rings. The molecule has 4 heteroatoms. The maximum Gasteiger partial charge on any atom is 0.300 e. The second-order valence-corrected chi connectivity index (χ2v) is 6.10. The van der Waals surface area contributed by atoms with Crippen LogP contribution in [0.2, 0.25) is 0 Å². The smallest absolute Gasteiger partial charge is 0.291 e. The molecule has 4 rings (SSSR count). The van der Waals surface area contributed by atoms with Gasteiger partial charge in [0.1, 0.15) is 0 Å². The number of nitrogens with zero attached hydrogens (tertiary/aromatic N) is 2. The second-order valence-electron chi connectivity index (χ2n) is 6.10. The number of ketones is 1. The van der Waals surface area contributed by atoms with Gasteiger partial charge in [-0.15, -0.1) is 0 Å². The van der Waals surface area contributed by atoms with E-state index in [9.17, 15) is 9.59 Å². The number of carbonyl (C=O) groups excluding carboxylic acids is 2. The maximum atomic E-state index is 12.3. The van der Waals surface area contributed by atoms with E-state index in [0.717, 1.165) is 25.1 Å². The number of anilines is 1. The van der Waals surface area contributed by atoms with Gasteiger partial charge in [0.05, 0.1) is 17.9 Å². The van der Waals surface area contributed by atoms with Gasteiger partial charge in [-0.2, -0.15) is 0 Å². The minimum Gasteiger partial charge on any atom is -0.291 e. The summed E-state index contributed by atoms with van der Waals surface area (Å²) in [5, 5.41) is 0. The summed E-state index contributed by atoms with van der Waals surface area (Å²) in [6.07, 6.45) is 2.19.